The largest absolute Gasteiger partial charge is 0.346 e. The van der Waals surface area contributed by atoms with Crippen LogP contribution in [0, 0.1) is 0 Å². The third-order valence-corrected chi connectivity index (χ3v) is 7.62. The summed E-state index contributed by atoms with van der Waals surface area (Å²) < 4.78 is 1.88. The van der Waals surface area contributed by atoms with Gasteiger partial charge in [-0.05, 0) is 56.1 Å². The molecule has 1 N–H and O–H groups in total. The normalized spacial score (nSPS) is 21.0. The van der Waals surface area contributed by atoms with E-state index in [4.69, 9.17) is 17.2 Å². The van der Waals surface area contributed by atoms with Crippen molar-refractivity contribution in [3.8, 4) is 0 Å². The van der Waals surface area contributed by atoms with E-state index in [1.807, 2.05) is 22.8 Å². The van der Waals surface area contributed by atoms with Gasteiger partial charge in [-0.25, -0.2) is 4.98 Å². The molecule has 2 fully saturated rings. The van der Waals surface area contributed by atoms with Crippen molar-refractivity contribution in [1.29, 1.82) is 0 Å². The lowest BCUT2D eigenvalue weighted by molar-refractivity contribution is 0.108. The summed E-state index contributed by atoms with van der Waals surface area (Å²) in [6.45, 7) is 4.88. The number of piperazine rings is 1. The second-order valence-electron chi connectivity index (χ2n) is 9.27. The number of aromatic nitrogens is 2. The van der Waals surface area contributed by atoms with Crippen LogP contribution in [0.3, 0.4) is 0 Å². The molecule has 1 aromatic carbocycles. The number of thiocarbonyl (C=S) groups is 1. The smallest absolute Gasteiger partial charge is 0.261 e. The second kappa shape index (κ2) is 9.25. The molecule has 1 aromatic heterocycles. The predicted octanol–water partition coefficient (Wildman–Crippen LogP) is 3.77. The highest BCUT2D eigenvalue weighted by atomic mass is 32.1. The number of hydrogen-bond acceptors (Lipinski definition) is 4. The molecule has 1 aliphatic carbocycles. The maximum Gasteiger partial charge on any atom is 0.261 e. The maximum absolute atomic E-state index is 13.1. The molecule has 5 rings (SSSR count). The number of nitrogens with zero attached hydrogens (tertiary/aromatic N) is 4. The zero-order valence-corrected chi connectivity index (χ0v) is 19.1. The second-order valence-corrected chi connectivity index (χ2v) is 9.66. The van der Waals surface area contributed by atoms with Gasteiger partial charge in [0.05, 0.1) is 10.9 Å². The van der Waals surface area contributed by atoms with E-state index in [0.717, 1.165) is 86.6 Å². The third-order valence-electron chi connectivity index (χ3n) is 7.26. The van der Waals surface area contributed by atoms with E-state index in [-0.39, 0.29) is 5.56 Å². The van der Waals surface area contributed by atoms with Crippen LogP contribution < -0.4 is 10.9 Å². The Morgan fingerprint density at radius 3 is 2.55 bits per heavy atom. The first kappa shape index (κ1) is 20.9. The van der Waals surface area contributed by atoms with Gasteiger partial charge in [0.15, 0.2) is 5.11 Å². The van der Waals surface area contributed by atoms with Crippen LogP contribution in [0.2, 0.25) is 0 Å². The molecule has 0 amide bonds. The van der Waals surface area contributed by atoms with E-state index in [1.54, 1.807) is 0 Å². The molecule has 0 atom stereocenters. The van der Waals surface area contributed by atoms with E-state index < -0.39 is 0 Å². The number of anilines is 1. The third kappa shape index (κ3) is 4.48. The zero-order chi connectivity index (χ0) is 21.2. The van der Waals surface area contributed by atoms with Gasteiger partial charge >= 0.3 is 0 Å². The van der Waals surface area contributed by atoms with Gasteiger partial charge in [0.1, 0.15) is 5.82 Å². The summed E-state index contributed by atoms with van der Waals surface area (Å²) in [5, 5.41) is 4.82. The van der Waals surface area contributed by atoms with E-state index in [2.05, 4.69) is 15.1 Å². The molecule has 0 unspecified atom stereocenters. The lowest BCUT2D eigenvalue weighted by Gasteiger charge is -2.41. The quantitative estimate of drug-likeness (QED) is 0.719. The lowest BCUT2D eigenvalue weighted by atomic mass is 9.94. The van der Waals surface area contributed by atoms with Crippen molar-refractivity contribution in [2.75, 3.05) is 31.5 Å². The lowest BCUT2D eigenvalue weighted by Crippen LogP contribution is -2.53. The summed E-state index contributed by atoms with van der Waals surface area (Å²) in [6.07, 6.45) is 11.1. The van der Waals surface area contributed by atoms with Crippen LogP contribution in [0.5, 0.6) is 0 Å². The van der Waals surface area contributed by atoms with E-state index >= 15 is 0 Å². The molecule has 1 saturated carbocycles. The molecule has 0 bridgehead atoms. The van der Waals surface area contributed by atoms with Crippen molar-refractivity contribution >= 4 is 33.9 Å². The number of rotatable bonds is 2. The average Bonchev–Trinajstić information content (AvgIpc) is 3.06. The highest BCUT2D eigenvalue weighted by Gasteiger charge is 2.26. The van der Waals surface area contributed by atoms with Gasteiger partial charge < -0.3 is 10.2 Å². The van der Waals surface area contributed by atoms with Crippen molar-refractivity contribution in [2.24, 2.45) is 0 Å². The monoisotopic (exact) mass is 439 g/mol. The topological polar surface area (TPSA) is 53.4 Å². The molecular weight excluding hydrogens is 406 g/mol. The van der Waals surface area contributed by atoms with Gasteiger partial charge in [0.2, 0.25) is 0 Å². The molecule has 7 heteroatoms. The summed E-state index contributed by atoms with van der Waals surface area (Å²) in [5.74, 6) is 0.932. The molecule has 3 aliphatic rings. The van der Waals surface area contributed by atoms with Crippen molar-refractivity contribution in [1.82, 2.24) is 19.4 Å². The summed E-state index contributed by atoms with van der Waals surface area (Å²) in [7, 11) is 0. The van der Waals surface area contributed by atoms with Crippen LogP contribution in [0.4, 0.5) is 5.69 Å². The van der Waals surface area contributed by atoms with Crippen LogP contribution in [0.25, 0.3) is 10.9 Å². The van der Waals surface area contributed by atoms with Crippen LogP contribution in [0.15, 0.2) is 23.0 Å². The fourth-order valence-corrected chi connectivity index (χ4v) is 5.74. The molecular formula is C24H33N5OS. The minimum Gasteiger partial charge on any atom is -0.346 e. The Balaban J connectivity index is 1.26. The molecule has 0 radical (unpaired) electrons. The maximum atomic E-state index is 13.1. The summed E-state index contributed by atoms with van der Waals surface area (Å²) in [5.41, 5.74) is 1.74. The standard InChI is InChI=1S/C24H33N5OS/c30-23-20-17-18(10-11-21(20)26-22-9-5-2-6-12-29(22)23)25-24(31)28-15-13-27(14-16-28)19-7-3-1-4-8-19/h10-11,17,19H,1-9,12-16H2,(H,25,31). The molecule has 2 aromatic rings. The molecule has 1 saturated heterocycles. The highest BCUT2D eigenvalue weighted by Crippen LogP contribution is 2.24. The minimum absolute atomic E-state index is 0.0811. The number of benzene rings is 1. The van der Waals surface area contributed by atoms with Gasteiger partial charge in [-0.3, -0.25) is 14.3 Å². The first-order valence-corrected chi connectivity index (χ1v) is 12.4. The predicted molar refractivity (Wildman–Crippen MR) is 130 cm³/mol. The van der Waals surface area contributed by atoms with Crippen molar-refractivity contribution in [3.63, 3.8) is 0 Å². The Kier molecular flexibility index (Phi) is 6.23. The first-order valence-electron chi connectivity index (χ1n) is 12.0. The fraction of sp³-hybridized carbons (Fsp3) is 0.625. The van der Waals surface area contributed by atoms with Gasteiger partial charge in [0.25, 0.3) is 5.56 Å². The Labute approximate surface area is 189 Å². The van der Waals surface area contributed by atoms with Gasteiger partial charge in [0, 0.05) is 50.9 Å². The van der Waals surface area contributed by atoms with E-state index in [9.17, 15) is 4.79 Å². The molecule has 0 spiro atoms. The first-order chi connectivity index (χ1) is 15.2. The highest BCUT2D eigenvalue weighted by molar-refractivity contribution is 7.80. The SMILES string of the molecule is O=c1c2cc(NC(=S)N3CCN(C4CCCCC4)CC3)ccc2nc2n1CCCCC2. The summed E-state index contributed by atoms with van der Waals surface area (Å²) in [6, 6.07) is 6.64. The molecule has 2 aliphatic heterocycles. The van der Waals surface area contributed by atoms with Crippen LogP contribution in [0.1, 0.15) is 57.2 Å². The Morgan fingerprint density at radius 2 is 1.74 bits per heavy atom. The van der Waals surface area contributed by atoms with Crippen molar-refractivity contribution in [3.05, 3.63) is 34.4 Å². The molecule has 3 heterocycles. The number of aryl methyl sites for hydroxylation is 1. The number of fused-ring (bicyclic) bond motifs is 2. The van der Waals surface area contributed by atoms with Gasteiger partial charge in [-0.1, -0.05) is 25.7 Å². The summed E-state index contributed by atoms with van der Waals surface area (Å²) in [4.78, 5) is 22.8. The Morgan fingerprint density at radius 1 is 0.968 bits per heavy atom. The average molecular weight is 440 g/mol. The number of hydrogen-bond donors (Lipinski definition) is 1. The van der Waals surface area contributed by atoms with Crippen LogP contribution in [-0.2, 0) is 13.0 Å². The molecule has 166 valence electrons. The van der Waals surface area contributed by atoms with Gasteiger partial charge in [-0.15, -0.1) is 0 Å². The van der Waals surface area contributed by atoms with Crippen LogP contribution >= 0.6 is 12.2 Å². The Hall–Kier alpha value is -1.99. The van der Waals surface area contributed by atoms with Crippen molar-refractivity contribution in [2.45, 2.75) is 70.4 Å². The Bertz CT molecular complexity index is 1000. The van der Waals surface area contributed by atoms with Gasteiger partial charge in [-0.2, -0.15) is 0 Å². The molecule has 6 nitrogen and oxygen atoms in total. The fourth-order valence-electron chi connectivity index (χ4n) is 5.43. The van der Waals surface area contributed by atoms with Crippen molar-refractivity contribution < 1.29 is 0 Å². The summed E-state index contributed by atoms with van der Waals surface area (Å²) >= 11 is 5.72. The minimum atomic E-state index is 0.0811. The van der Waals surface area contributed by atoms with E-state index in [1.165, 1.54) is 32.1 Å². The molecule has 31 heavy (non-hydrogen) atoms. The number of nitrogens with one attached hydrogen (secondary N) is 1. The van der Waals surface area contributed by atoms with E-state index in [0.29, 0.717) is 5.39 Å². The zero-order valence-electron chi connectivity index (χ0n) is 18.3. The van der Waals surface area contributed by atoms with Crippen LogP contribution in [-0.4, -0.2) is 56.7 Å².